The lowest BCUT2D eigenvalue weighted by Crippen LogP contribution is -2.49. The summed E-state index contributed by atoms with van der Waals surface area (Å²) in [5.74, 6) is 1.23. The first-order valence-corrected chi connectivity index (χ1v) is 9.06. The SMILES string of the molecule is NN(C(=O)c1cnc(NC2(c3cccc(Cl)c3Cl)CCC2)nc1)C(=O)C(F)(F)F. The molecule has 154 valence electrons. The molecule has 1 heterocycles. The van der Waals surface area contributed by atoms with Crippen LogP contribution in [0.2, 0.25) is 10.0 Å². The third-order valence-electron chi connectivity index (χ3n) is 4.60. The Kier molecular flexibility index (Phi) is 5.70. The number of halogens is 5. The Balaban J connectivity index is 1.79. The molecule has 12 heteroatoms. The number of nitrogens with one attached hydrogen (secondary N) is 1. The van der Waals surface area contributed by atoms with Crippen LogP contribution in [0.1, 0.15) is 35.2 Å². The number of aromatic nitrogens is 2. The minimum absolute atomic E-state index is 0.128. The van der Waals surface area contributed by atoms with Gasteiger partial charge in [-0.15, -0.1) is 0 Å². The Morgan fingerprint density at radius 2 is 1.79 bits per heavy atom. The van der Waals surface area contributed by atoms with Crippen molar-refractivity contribution in [2.75, 3.05) is 5.32 Å². The van der Waals surface area contributed by atoms with Gasteiger partial charge < -0.3 is 5.32 Å². The van der Waals surface area contributed by atoms with Crippen LogP contribution in [0, 0.1) is 0 Å². The van der Waals surface area contributed by atoms with Gasteiger partial charge in [0.2, 0.25) is 5.95 Å². The maximum absolute atomic E-state index is 12.4. The van der Waals surface area contributed by atoms with Crippen LogP contribution in [0.15, 0.2) is 30.6 Å². The van der Waals surface area contributed by atoms with Crippen molar-refractivity contribution in [2.45, 2.75) is 31.0 Å². The van der Waals surface area contributed by atoms with Gasteiger partial charge in [0.15, 0.2) is 0 Å². The Labute approximate surface area is 173 Å². The van der Waals surface area contributed by atoms with Crippen LogP contribution in [0.3, 0.4) is 0 Å². The number of amides is 2. The zero-order valence-corrected chi connectivity index (χ0v) is 16.1. The Bertz CT molecular complexity index is 949. The molecule has 1 saturated carbocycles. The summed E-state index contributed by atoms with van der Waals surface area (Å²) < 4.78 is 37.2. The maximum atomic E-state index is 12.4. The molecular weight excluding hydrogens is 434 g/mol. The summed E-state index contributed by atoms with van der Waals surface area (Å²) in [5.41, 5.74) is -0.163. The van der Waals surface area contributed by atoms with Crippen LogP contribution in [0.5, 0.6) is 0 Å². The van der Waals surface area contributed by atoms with Gasteiger partial charge in [-0.25, -0.2) is 20.8 Å². The zero-order valence-electron chi connectivity index (χ0n) is 14.6. The summed E-state index contributed by atoms with van der Waals surface area (Å²) in [4.78, 5) is 30.9. The first-order valence-electron chi connectivity index (χ1n) is 8.30. The second kappa shape index (κ2) is 7.77. The molecule has 1 aromatic carbocycles. The number of nitrogens with two attached hydrogens (primary N) is 1. The summed E-state index contributed by atoms with van der Waals surface area (Å²) in [6.45, 7) is 0. The fourth-order valence-corrected chi connectivity index (χ4v) is 3.43. The van der Waals surface area contributed by atoms with Crippen LogP contribution < -0.4 is 11.2 Å². The van der Waals surface area contributed by atoms with Gasteiger partial charge >= 0.3 is 12.1 Å². The van der Waals surface area contributed by atoms with Crippen LogP contribution in [-0.2, 0) is 10.3 Å². The van der Waals surface area contributed by atoms with Crippen molar-refractivity contribution in [3.63, 3.8) is 0 Å². The molecule has 3 N–H and O–H groups in total. The molecule has 0 radical (unpaired) electrons. The van der Waals surface area contributed by atoms with Crippen LogP contribution >= 0.6 is 23.2 Å². The number of imide groups is 1. The van der Waals surface area contributed by atoms with Crippen molar-refractivity contribution in [1.82, 2.24) is 15.0 Å². The van der Waals surface area contributed by atoms with E-state index in [1.807, 2.05) is 6.07 Å². The maximum Gasteiger partial charge on any atom is 0.473 e. The predicted molar refractivity (Wildman–Crippen MR) is 99.1 cm³/mol. The highest BCUT2D eigenvalue weighted by Crippen LogP contribution is 2.47. The molecule has 3 rings (SSSR count). The van der Waals surface area contributed by atoms with Gasteiger partial charge in [0.05, 0.1) is 21.1 Å². The van der Waals surface area contributed by atoms with E-state index in [-0.39, 0.29) is 11.5 Å². The standard InChI is InChI=1S/C17H14Cl2F3N5O2/c18-11-4-1-3-10(12(11)19)16(5-2-6-16)26-15-24-7-9(8-25-15)13(28)27(23)14(29)17(20,21)22/h1,3-4,7-8H,2,5-6,23H2,(H,24,25,26). The first-order chi connectivity index (χ1) is 13.5. The molecule has 1 fully saturated rings. The van der Waals surface area contributed by atoms with Crippen molar-refractivity contribution >= 4 is 41.0 Å². The van der Waals surface area contributed by atoms with E-state index in [0.717, 1.165) is 37.2 Å². The zero-order chi connectivity index (χ0) is 21.4. The molecule has 0 atom stereocenters. The minimum atomic E-state index is -5.28. The average molecular weight is 448 g/mol. The van der Waals surface area contributed by atoms with Crippen LogP contribution in [0.4, 0.5) is 19.1 Å². The van der Waals surface area contributed by atoms with E-state index in [0.29, 0.717) is 10.0 Å². The summed E-state index contributed by atoms with van der Waals surface area (Å²) in [5, 5.41) is 3.43. The van der Waals surface area contributed by atoms with Crippen molar-refractivity contribution in [3.05, 3.63) is 51.8 Å². The van der Waals surface area contributed by atoms with Crippen molar-refractivity contribution in [2.24, 2.45) is 5.84 Å². The molecule has 1 aliphatic rings. The molecule has 2 amide bonds. The second-order valence-electron chi connectivity index (χ2n) is 6.44. The topological polar surface area (TPSA) is 101 Å². The lowest BCUT2D eigenvalue weighted by Gasteiger charge is -2.43. The minimum Gasteiger partial charge on any atom is -0.345 e. The Morgan fingerprint density at radius 1 is 1.17 bits per heavy atom. The van der Waals surface area contributed by atoms with Gasteiger partial charge in [-0.3, -0.25) is 9.59 Å². The third kappa shape index (κ3) is 4.14. The second-order valence-corrected chi connectivity index (χ2v) is 7.22. The fourth-order valence-electron chi connectivity index (χ4n) is 2.95. The number of nitrogens with zero attached hydrogens (tertiary/aromatic N) is 3. The fraction of sp³-hybridized carbons (Fsp3) is 0.294. The molecule has 2 aromatic rings. The smallest absolute Gasteiger partial charge is 0.345 e. The highest BCUT2D eigenvalue weighted by Gasteiger charge is 2.44. The van der Waals surface area contributed by atoms with E-state index in [1.54, 1.807) is 12.1 Å². The molecular formula is C17H14Cl2F3N5O2. The van der Waals surface area contributed by atoms with E-state index in [9.17, 15) is 22.8 Å². The molecule has 1 aromatic heterocycles. The van der Waals surface area contributed by atoms with E-state index < -0.39 is 28.5 Å². The van der Waals surface area contributed by atoms with Gasteiger partial charge in [-0.1, -0.05) is 35.3 Å². The molecule has 29 heavy (non-hydrogen) atoms. The third-order valence-corrected chi connectivity index (χ3v) is 5.42. The van der Waals surface area contributed by atoms with E-state index in [1.165, 1.54) is 0 Å². The summed E-state index contributed by atoms with van der Waals surface area (Å²) >= 11 is 12.4. The predicted octanol–water partition coefficient (Wildman–Crippen LogP) is 3.68. The lowest BCUT2D eigenvalue weighted by atomic mass is 9.72. The first kappa shape index (κ1) is 21.3. The highest BCUT2D eigenvalue weighted by molar-refractivity contribution is 6.42. The van der Waals surface area contributed by atoms with Gasteiger partial charge in [0.25, 0.3) is 5.91 Å². The largest absolute Gasteiger partial charge is 0.473 e. The summed E-state index contributed by atoms with van der Waals surface area (Å²) in [7, 11) is 0. The number of benzene rings is 1. The van der Waals surface area contributed by atoms with Gasteiger partial charge in [0.1, 0.15) is 0 Å². The number of alkyl halides is 3. The van der Waals surface area contributed by atoms with Crippen molar-refractivity contribution < 1.29 is 22.8 Å². The number of hydrazine groups is 1. The number of carbonyl (C=O) groups excluding carboxylic acids is 2. The highest BCUT2D eigenvalue weighted by atomic mass is 35.5. The Hall–Kier alpha value is -2.43. The van der Waals surface area contributed by atoms with Gasteiger partial charge in [0, 0.05) is 12.4 Å². The Morgan fingerprint density at radius 3 is 2.31 bits per heavy atom. The number of hydrogen-bond donors (Lipinski definition) is 2. The lowest BCUT2D eigenvalue weighted by molar-refractivity contribution is -0.182. The quantitative estimate of drug-likeness (QED) is 0.421. The van der Waals surface area contributed by atoms with E-state index >= 15 is 0 Å². The monoisotopic (exact) mass is 447 g/mol. The van der Waals surface area contributed by atoms with E-state index in [4.69, 9.17) is 29.0 Å². The molecule has 7 nitrogen and oxygen atoms in total. The molecule has 0 saturated heterocycles. The normalized spacial score (nSPS) is 15.4. The summed E-state index contributed by atoms with van der Waals surface area (Å²) in [6, 6.07) is 5.26. The van der Waals surface area contributed by atoms with Gasteiger partial charge in [-0.05, 0) is 30.9 Å². The number of carbonyl (C=O) groups is 2. The molecule has 1 aliphatic carbocycles. The number of rotatable bonds is 4. The van der Waals surface area contributed by atoms with Crippen LogP contribution in [-0.4, -0.2) is 33.0 Å². The molecule has 0 aliphatic heterocycles. The molecule has 0 spiro atoms. The summed E-state index contributed by atoms with van der Waals surface area (Å²) in [6.07, 6.45) is -0.935. The van der Waals surface area contributed by atoms with Gasteiger partial charge in [-0.2, -0.15) is 13.2 Å². The molecule has 0 unspecified atom stereocenters. The molecule has 0 bridgehead atoms. The van der Waals surface area contributed by atoms with Crippen molar-refractivity contribution in [1.29, 1.82) is 0 Å². The number of hydrogen-bond acceptors (Lipinski definition) is 6. The average Bonchev–Trinajstić information content (AvgIpc) is 2.65. The number of anilines is 1. The van der Waals surface area contributed by atoms with E-state index in [2.05, 4.69) is 15.3 Å². The van der Waals surface area contributed by atoms with Crippen LogP contribution in [0.25, 0.3) is 0 Å². The van der Waals surface area contributed by atoms with Crippen molar-refractivity contribution in [3.8, 4) is 0 Å².